The van der Waals surface area contributed by atoms with Gasteiger partial charge >= 0.3 is 6.01 Å². The fourth-order valence-corrected chi connectivity index (χ4v) is 4.74. The largest absolute Gasteiger partial charge is 0.460 e. The minimum absolute atomic E-state index is 0.0849. The molecule has 1 saturated heterocycles. The number of ether oxygens (including phenoxy) is 1. The average Bonchev–Trinajstić information content (AvgIpc) is 2.75. The van der Waals surface area contributed by atoms with E-state index < -0.39 is 10.0 Å². The Morgan fingerprint density at radius 3 is 2.30 bits per heavy atom. The van der Waals surface area contributed by atoms with Gasteiger partial charge in [-0.1, -0.05) is 12.1 Å². The van der Waals surface area contributed by atoms with Gasteiger partial charge in [-0.15, -0.1) is 0 Å². The van der Waals surface area contributed by atoms with Gasteiger partial charge in [-0.2, -0.15) is 9.29 Å². The number of benzene rings is 1. The third-order valence-corrected chi connectivity index (χ3v) is 6.77. The summed E-state index contributed by atoms with van der Waals surface area (Å²) in [6.07, 6.45) is 5.74. The standard InChI is InChI=1S/C19H21N7O3S/c20-17-16(12-24-18(21)25-17)13-2-4-15(5-3-13)30(27,28)26-10-6-14(7-11-26)29-19-22-8-1-9-23-19/h1-5,8-9,12,14H,6-7,10-11H2,(H4,20,21,24,25). The van der Waals surface area contributed by atoms with E-state index in [9.17, 15) is 8.42 Å². The summed E-state index contributed by atoms with van der Waals surface area (Å²) in [5.74, 6) is 0.323. The van der Waals surface area contributed by atoms with E-state index in [-0.39, 0.29) is 22.8 Å². The van der Waals surface area contributed by atoms with Crippen molar-refractivity contribution in [3.8, 4) is 17.1 Å². The van der Waals surface area contributed by atoms with Crippen LogP contribution in [0.15, 0.2) is 53.8 Å². The molecule has 1 aromatic carbocycles. The van der Waals surface area contributed by atoms with Crippen LogP contribution in [0.25, 0.3) is 11.1 Å². The van der Waals surface area contributed by atoms with Crippen molar-refractivity contribution < 1.29 is 13.2 Å². The molecule has 3 heterocycles. The Hall–Kier alpha value is -3.31. The van der Waals surface area contributed by atoms with Crippen LogP contribution < -0.4 is 16.2 Å². The van der Waals surface area contributed by atoms with Crippen molar-refractivity contribution >= 4 is 21.8 Å². The third kappa shape index (κ3) is 4.16. The monoisotopic (exact) mass is 427 g/mol. The molecule has 1 fully saturated rings. The summed E-state index contributed by atoms with van der Waals surface area (Å²) in [7, 11) is -3.61. The number of nitrogens with zero attached hydrogens (tertiary/aromatic N) is 5. The zero-order chi connectivity index (χ0) is 21.1. The van der Waals surface area contributed by atoms with E-state index >= 15 is 0 Å². The summed E-state index contributed by atoms with van der Waals surface area (Å²) >= 11 is 0. The predicted octanol–water partition coefficient (Wildman–Crippen LogP) is 1.33. The second-order valence-corrected chi connectivity index (χ2v) is 8.74. The molecule has 3 aromatic rings. The molecule has 156 valence electrons. The highest BCUT2D eigenvalue weighted by Gasteiger charge is 2.30. The van der Waals surface area contributed by atoms with E-state index in [0.29, 0.717) is 43.1 Å². The summed E-state index contributed by atoms with van der Waals surface area (Å²) < 4.78 is 33.2. The first-order valence-electron chi connectivity index (χ1n) is 9.36. The molecule has 11 heteroatoms. The smallest absolute Gasteiger partial charge is 0.316 e. The van der Waals surface area contributed by atoms with Crippen molar-refractivity contribution in [1.82, 2.24) is 24.2 Å². The average molecular weight is 427 g/mol. The van der Waals surface area contributed by atoms with Crippen molar-refractivity contribution in [2.24, 2.45) is 0 Å². The molecule has 10 nitrogen and oxygen atoms in total. The van der Waals surface area contributed by atoms with Gasteiger partial charge in [0, 0.05) is 37.2 Å². The topological polar surface area (TPSA) is 150 Å². The van der Waals surface area contributed by atoms with Gasteiger partial charge in [0.05, 0.1) is 4.90 Å². The molecule has 0 unspecified atom stereocenters. The number of anilines is 2. The maximum atomic E-state index is 13.0. The van der Waals surface area contributed by atoms with Crippen LogP contribution in [0.2, 0.25) is 0 Å². The van der Waals surface area contributed by atoms with E-state index in [2.05, 4.69) is 19.9 Å². The van der Waals surface area contributed by atoms with Gasteiger partial charge in [-0.25, -0.2) is 23.4 Å². The number of aromatic nitrogens is 4. The SMILES string of the molecule is Nc1ncc(-c2ccc(S(=O)(=O)N3CCC(Oc4ncccn4)CC3)cc2)c(N)n1. The number of hydrogen-bond acceptors (Lipinski definition) is 9. The number of nitrogen functional groups attached to an aromatic ring is 2. The lowest BCUT2D eigenvalue weighted by molar-refractivity contribution is 0.124. The molecule has 0 amide bonds. The third-order valence-electron chi connectivity index (χ3n) is 4.86. The fraction of sp³-hybridized carbons (Fsp3) is 0.263. The van der Waals surface area contributed by atoms with E-state index in [0.717, 1.165) is 0 Å². The van der Waals surface area contributed by atoms with Gasteiger partial charge in [0.1, 0.15) is 11.9 Å². The lowest BCUT2D eigenvalue weighted by Crippen LogP contribution is -2.41. The van der Waals surface area contributed by atoms with Gasteiger partial charge in [-0.05, 0) is 36.6 Å². The lowest BCUT2D eigenvalue weighted by Gasteiger charge is -2.30. The van der Waals surface area contributed by atoms with Crippen LogP contribution in [0, 0.1) is 0 Å². The minimum Gasteiger partial charge on any atom is -0.460 e. The number of rotatable bonds is 5. The van der Waals surface area contributed by atoms with Crippen molar-refractivity contribution in [2.75, 3.05) is 24.6 Å². The van der Waals surface area contributed by atoms with Crippen molar-refractivity contribution in [2.45, 2.75) is 23.8 Å². The molecular weight excluding hydrogens is 406 g/mol. The predicted molar refractivity (Wildman–Crippen MR) is 111 cm³/mol. The fourth-order valence-electron chi connectivity index (χ4n) is 3.27. The quantitative estimate of drug-likeness (QED) is 0.614. The normalized spacial score (nSPS) is 15.7. The zero-order valence-electron chi connectivity index (χ0n) is 16.0. The maximum Gasteiger partial charge on any atom is 0.316 e. The van der Waals surface area contributed by atoms with Crippen LogP contribution in [-0.2, 0) is 10.0 Å². The Bertz CT molecular complexity index is 1120. The Labute approximate surface area is 174 Å². The summed E-state index contributed by atoms with van der Waals surface area (Å²) in [5, 5.41) is 0. The summed E-state index contributed by atoms with van der Waals surface area (Å²) in [6.45, 7) is 0.723. The zero-order valence-corrected chi connectivity index (χ0v) is 16.9. The van der Waals surface area contributed by atoms with Crippen LogP contribution in [-0.4, -0.2) is 51.9 Å². The molecule has 2 aromatic heterocycles. The molecule has 4 rings (SSSR count). The number of nitrogens with two attached hydrogens (primary N) is 2. The molecule has 0 aliphatic carbocycles. The molecular formula is C19H21N7O3S. The molecule has 0 bridgehead atoms. The van der Waals surface area contributed by atoms with E-state index in [1.807, 2.05) is 0 Å². The molecule has 0 spiro atoms. The van der Waals surface area contributed by atoms with Gasteiger partial charge in [0.2, 0.25) is 16.0 Å². The van der Waals surface area contributed by atoms with Crippen LogP contribution >= 0.6 is 0 Å². The molecule has 0 atom stereocenters. The highest BCUT2D eigenvalue weighted by molar-refractivity contribution is 7.89. The highest BCUT2D eigenvalue weighted by Crippen LogP contribution is 2.27. The highest BCUT2D eigenvalue weighted by atomic mass is 32.2. The first-order valence-corrected chi connectivity index (χ1v) is 10.8. The molecule has 1 aliphatic heterocycles. The lowest BCUT2D eigenvalue weighted by atomic mass is 10.1. The molecule has 4 N–H and O–H groups in total. The summed E-state index contributed by atoms with van der Waals surface area (Å²) in [6, 6.07) is 8.49. The van der Waals surface area contributed by atoms with Crippen molar-refractivity contribution in [3.63, 3.8) is 0 Å². The molecule has 0 radical (unpaired) electrons. The van der Waals surface area contributed by atoms with E-state index in [1.165, 1.54) is 10.5 Å². The van der Waals surface area contributed by atoms with Crippen LogP contribution in [0.3, 0.4) is 0 Å². The Balaban J connectivity index is 1.44. The second-order valence-electron chi connectivity index (χ2n) is 6.80. The van der Waals surface area contributed by atoms with Crippen LogP contribution in [0.5, 0.6) is 6.01 Å². The molecule has 0 saturated carbocycles. The number of piperidine rings is 1. The van der Waals surface area contributed by atoms with Gasteiger partial charge < -0.3 is 16.2 Å². The Morgan fingerprint density at radius 2 is 1.67 bits per heavy atom. The van der Waals surface area contributed by atoms with E-state index in [1.54, 1.807) is 42.7 Å². The first kappa shape index (κ1) is 20.0. The van der Waals surface area contributed by atoms with Gasteiger partial charge in [0.25, 0.3) is 0 Å². The number of hydrogen-bond donors (Lipinski definition) is 2. The molecule has 1 aliphatic rings. The Kier molecular flexibility index (Phi) is 5.46. The minimum atomic E-state index is -3.61. The molecule has 30 heavy (non-hydrogen) atoms. The summed E-state index contributed by atoms with van der Waals surface area (Å²) in [4.78, 5) is 16.2. The van der Waals surface area contributed by atoms with Crippen LogP contribution in [0.4, 0.5) is 11.8 Å². The van der Waals surface area contributed by atoms with E-state index in [4.69, 9.17) is 16.2 Å². The Morgan fingerprint density at radius 1 is 1.00 bits per heavy atom. The summed E-state index contributed by atoms with van der Waals surface area (Å²) in [5.41, 5.74) is 12.7. The van der Waals surface area contributed by atoms with Gasteiger partial charge in [0.15, 0.2) is 0 Å². The number of sulfonamides is 1. The van der Waals surface area contributed by atoms with Crippen LogP contribution in [0.1, 0.15) is 12.8 Å². The van der Waals surface area contributed by atoms with Crippen molar-refractivity contribution in [1.29, 1.82) is 0 Å². The van der Waals surface area contributed by atoms with Crippen molar-refractivity contribution in [3.05, 3.63) is 48.9 Å². The first-order chi connectivity index (χ1) is 14.4. The maximum absolute atomic E-state index is 13.0. The van der Waals surface area contributed by atoms with Gasteiger partial charge in [-0.3, -0.25) is 0 Å². The second kappa shape index (κ2) is 8.20.